The second-order valence-corrected chi connectivity index (χ2v) is 8.22. The molecule has 0 saturated carbocycles. The molecule has 0 amide bonds. The fraction of sp³-hybridized carbons (Fsp3) is 0.231. The summed E-state index contributed by atoms with van der Waals surface area (Å²) >= 11 is 0. The van der Waals surface area contributed by atoms with Crippen LogP contribution in [0.4, 0.5) is 5.69 Å². The van der Waals surface area contributed by atoms with Crippen molar-refractivity contribution in [1.82, 2.24) is 20.1 Å². The minimum atomic E-state index is 0.770. The van der Waals surface area contributed by atoms with Crippen molar-refractivity contribution in [3.05, 3.63) is 84.8 Å². The van der Waals surface area contributed by atoms with Gasteiger partial charge in [0, 0.05) is 35.6 Å². The summed E-state index contributed by atoms with van der Waals surface area (Å²) in [5.41, 5.74) is 7.12. The lowest BCUT2D eigenvalue weighted by molar-refractivity contribution is 0.220. The van der Waals surface area contributed by atoms with Gasteiger partial charge < -0.3 is 5.32 Å². The van der Waals surface area contributed by atoms with E-state index in [0.717, 1.165) is 45.7 Å². The lowest BCUT2D eigenvalue weighted by Crippen LogP contribution is -2.29. The molecule has 0 radical (unpaired) electrons. The number of nitrogens with zero attached hydrogens (tertiary/aromatic N) is 3. The van der Waals surface area contributed by atoms with Crippen molar-refractivity contribution in [1.29, 1.82) is 0 Å². The Morgan fingerprint density at radius 3 is 2.65 bits per heavy atom. The maximum Gasteiger partial charge on any atom is 0.116 e. The maximum atomic E-state index is 4.53. The van der Waals surface area contributed by atoms with Gasteiger partial charge in [0.2, 0.25) is 0 Å². The van der Waals surface area contributed by atoms with Crippen LogP contribution in [0.1, 0.15) is 30.5 Å². The molecule has 5 heteroatoms. The Hall–Kier alpha value is -3.44. The van der Waals surface area contributed by atoms with E-state index in [-0.39, 0.29) is 0 Å². The number of hydrogen-bond acceptors (Lipinski definition) is 4. The van der Waals surface area contributed by atoms with Gasteiger partial charge in [0.1, 0.15) is 5.69 Å². The SMILES string of the molecule is C=C(Nc1ccccc1)c1n[nH]c2ccc(-c3cncc(CN4CCCCC4)c3)cc12. The predicted octanol–water partition coefficient (Wildman–Crippen LogP) is 5.69. The number of likely N-dealkylation sites (tertiary alicyclic amines) is 1. The van der Waals surface area contributed by atoms with E-state index in [0.29, 0.717) is 0 Å². The van der Waals surface area contributed by atoms with Crippen LogP contribution in [0.15, 0.2) is 73.6 Å². The van der Waals surface area contributed by atoms with E-state index in [4.69, 9.17) is 0 Å². The number of nitrogens with one attached hydrogen (secondary N) is 2. The second kappa shape index (κ2) is 8.74. The average molecular weight is 410 g/mol. The third-order valence-corrected chi connectivity index (χ3v) is 5.90. The van der Waals surface area contributed by atoms with Crippen molar-refractivity contribution in [2.24, 2.45) is 0 Å². The number of pyridine rings is 1. The third kappa shape index (κ3) is 4.37. The van der Waals surface area contributed by atoms with Crippen LogP contribution in [0, 0.1) is 0 Å². The van der Waals surface area contributed by atoms with Crippen LogP contribution in [-0.4, -0.2) is 33.2 Å². The lowest BCUT2D eigenvalue weighted by atomic mass is 10.0. The van der Waals surface area contributed by atoms with Gasteiger partial charge in [-0.05, 0) is 67.4 Å². The second-order valence-electron chi connectivity index (χ2n) is 8.22. The highest BCUT2D eigenvalue weighted by Crippen LogP contribution is 2.29. The lowest BCUT2D eigenvalue weighted by Gasteiger charge is -2.26. The van der Waals surface area contributed by atoms with Gasteiger partial charge in [0.05, 0.1) is 11.2 Å². The number of anilines is 1. The van der Waals surface area contributed by atoms with Gasteiger partial charge in [-0.1, -0.05) is 37.3 Å². The van der Waals surface area contributed by atoms with Crippen molar-refractivity contribution in [3.63, 3.8) is 0 Å². The molecule has 4 aromatic rings. The molecule has 2 aromatic heterocycles. The Bertz CT molecular complexity index is 1190. The molecule has 5 rings (SSSR count). The quantitative estimate of drug-likeness (QED) is 0.429. The fourth-order valence-corrected chi connectivity index (χ4v) is 4.29. The van der Waals surface area contributed by atoms with Crippen LogP contribution in [0.5, 0.6) is 0 Å². The van der Waals surface area contributed by atoms with Crippen molar-refractivity contribution in [3.8, 4) is 11.1 Å². The first kappa shape index (κ1) is 19.5. The molecule has 1 aliphatic rings. The average Bonchev–Trinajstić information content (AvgIpc) is 3.24. The largest absolute Gasteiger partial charge is 0.354 e. The van der Waals surface area contributed by atoms with Crippen LogP contribution in [0.3, 0.4) is 0 Å². The van der Waals surface area contributed by atoms with Crippen molar-refractivity contribution in [2.45, 2.75) is 25.8 Å². The van der Waals surface area contributed by atoms with Crippen molar-refractivity contribution in [2.75, 3.05) is 18.4 Å². The van der Waals surface area contributed by atoms with E-state index in [1.165, 1.54) is 37.9 Å². The van der Waals surface area contributed by atoms with Gasteiger partial charge in [-0.15, -0.1) is 0 Å². The zero-order valence-corrected chi connectivity index (χ0v) is 17.6. The molecular weight excluding hydrogens is 382 g/mol. The highest BCUT2D eigenvalue weighted by molar-refractivity contribution is 5.95. The van der Waals surface area contributed by atoms with Crippen LogP contribution >= 0.6 is 0 Å². The van der Waals surface area contributed by atoms with Crippen LogP contribution in [-0.2, 0) is 6.54 Å². The summed E-state index contributed by atoms with van der Waals surface area (Å²) in [6.45, 7) is 7.55. The molecule has 0 bridgehead atoms. The van der Waals surface area contributed by atoms with Crippen LogP contribution in [0.25, 0.3) is 27.7 Å². The van der Waals surface area contributed by atoms with Gasteiger partial charge in [-0.25, -0.2) is 0 Å². The molecule has 0 spiro atoms. The molecule has 2 N–H and O–H groups in total. The van der Waals surface area contributed by atoms with E-state index in [1.807, 2.05) is 42.7 Å². The van der Waals surface area contributed by atoms with E-state index >= 15 is 0 Å². The van der Waals surface area contributed by atoms with Gasteiger partial charge in [0.15, 0.2) is 0 Å². The summed E-state index contributed by atoms with van der Waals surface area (Å²) in [4.78, 5) is 7.06. The zero-order valence-electron chi connectivity index (χ0n) is 17.6. The molecule has 1 saturated heterocycles. The van der Waals surface area contributed by atoms with E-state index in [9.17, 15) is 0 Å². The number of rotatable bonds is 6. The molecule has 1 fully saturated rings. The van der Waals surface area contributed by atoms with Crippen LogP contribution in [0.2, 0.25) is 0 Å². The third-order valence-electron chi connectivity index (χ3n) is 5.90. The van der Waals surface area contributed by atoms with Crippen molar-refractivity contribution >= 4 is 22.3 Å². The summed E-state index contributed by atoms with van der Waals surface area (Å²) in [5, 5.41) is 12.0. The number of aromatic nitrogens is 3. The maximum absolute atomic E-state index is 4.53. The predicted molar refractivity (Wildman–Crippen MR) is 128 cm³/mol. The smallest absolute Gasteiger partial charge is 0.116 e. The number of H-pyrrole nitrogens is 1. The normalized spacial score (nSPS) is 14.6. The highest BCUT2D eigenvalue weighted by Gasteiger charge is 2.13. The van der Waals surface area contributed by atoms with Crippen molar-refractivity contribution < 1.29 is 0 Å². The first-order valence-electron chi connectivity index (χ1n) is 10.9. The molecule has 156 valence electrons. The molecule has 0 atom stereocenters. The monoisotopic (exact) mass is 409 g/mol. The Balaban J connectivity index is 1.41. The molecule has 31 heavy (non-hydrogen) atoms. The minimum Gasteiger partial charge on any atom is -0.354 e. The van der Waals surface area contributed by atoms with Crippen LogP contribution < -0.4 is 5.32 Å². The van der Waals surface area contributed by atoms with Gasteiger partial charge in [-0.2, -0.15) is 5.10 Å². The Morgan fingerprint density at radius 1 is 0.968 bits per heavy atom. The van der Waals surface area contributed by atoms with E-state index < -0.39 is 0 Å². The summed E-state index contributed by atoms with van der Waals surface area (Å²) in [6.07, 6.45) is 7.89. The molecule has 3 heterocycles. The van der Waals surface area contributed by atoms with Gasteiger partial charge in [0.25, 0.3) is 0 Å². The Kier molecular flexibility index (Phi) is 5.50. The molecule has 2 aromatic carbocycles. The molecule has 0 aliphatic carbocycles. The zero-order chi connectivity index (χ0) is 21.0. The number of piperidine rings is 1. The first-order valence-corrected chi connectivity index (χ1v) is 10.9. The fourth-order valence-electron chi connectivity index (χ4n) is 4.29. The van der Waals surface area contributed by atoms with Gasteiger partial charge in [-0.3, -0.25) is 15.0 Å². The molecular formula is C26H27N5. The highest BCUT2D eigenvalue weighted by atomic mass is 15.1. The number of aromatic amines is 1. The van der Waals surface area contributed by atoms with E-state index in [2.05, 4.69) is 56.2 Å². The molecule has 1 aliphatic heterocycles. The molecule has 0 unspecified atom stereocenters. The van der Waals surface area contributed by atoms with Gasteiger partial charge >= 0.3 is 0 Å². The number of fused-ring (bicyclic) bond motifs is 1. The topological polar surface area (TPSA) is 56.8 Å². The standard InChI is InChI=1S/C26H27N5/c1-19(28-23-8-4-2-5-9-23)26-24-15-21(10-11-25(24)29-30-26)22-14-20(16-27-17-22)18-31-12-6-3-7-13-31/h2,4-5,8-11,14-17,28H,1,3,6-7,12-13,18H2,(H,29,30). The summed E-state index contributed by atoms with van der Waals surface area (Å²) in [6, 6.07) is 18.7. The Morgan fingerprint density at radius 2 is 1.81 bits per heavy atom. The Labute approximate surface area is 182 Å². The summed E-state index contributed by atoms with van der Waals surface area (Å²) < 4.78 is 0. The number of para-hydroxylation sites is 1. The first-order chi connectivity index (χ1) is 15.3. The number of hydrogen-bond donors (Lipinski definition) is 2. The summed E-state index contributed by atoms with van der Waals surface area (Å²) in [5.74, 6) is 0. The summed E-state index contributed by atoms with van der Waals surface area (Å²) in [7, 11) is 0. The molecule has 5 nitrogen and oxygen atoms in total. The number of benzene rings is 2. The minimum absolute atomic E-state index is 0.770. The van der Waals surface area contributed by atoms with E-state index in [1.54, 1.807) is 0 Å².